The lowest BCUT2D eigenvalue weighted by atomic mass is 9.86. The molecule has 1 aromatic carbocycles. The molecule has 5 heteroatoms. The predicted octanol–water partition coefficient (Wildman–Crippen LogP) is 3.16. The summed E-state index contributed by atoms with van der Waals surface area (Å²) in [6.45, 7) is 2.18. The van der Waals surface area contributed by atoms with Crippen LogP contribution in [-0.2, 0) is 0 Å². The number of aromatic nitrogens is 2. The first-order valence-corrected chi connectivity index (χ1v) is 8.86. The molecule has 128 valence electrons. The Morgan fingerprint density at radius 1 is 1.16 bits per heavy atom. The normalized spacial score (nSPS) is 20.7. The number of pyridine rings is 1. The first kappa shape index (κ1) is 15.8. The van der Waals surface area contributed by atoms with Crippen LogP contribution in [-0.4, -0.2) is 21.3 Å². The van der Waals surface area contributed by atoms with Crippen LogP contribution in [0.2, 0.25) is 0 Å². The molecule has 0 aliphatic heterocycles. The molecule has 1 aliphatic carbocycles. The van der Waals surface area contributed by atoms with Gasteiger partial charge in [0.1, 0.15) is 0 Å². The minimum absolute atomic E-state index is 0.152. The molecule has 1 saturated carbocycles. The number of rotatable bonds is 2. The second kappa shape index (κ2) is 6.31. The number of hydrogen-bond donors (Lipinski definition) is 1. The van der Waals surface area contributed by atoms with Crippen LogP contribution in [0.3, 0.4) is 0 Å². The molecule has 1 aliphatic rings. The van der Waals surface area contributed by atoms with Crippen LogP contribution >= 0.6 is 0 Å². The van der Waals surface area contributed by atoms with Crippen LogP contribution < -0.4 is 10.9 Å². The standard InChI is InChI=1S/C20H21N3O2/c1-13-7-2-4-10-16(13)22-19(24)15-9-6-12-23-18(15)21-17-11-5-3-8-14(17)20(23)25/h3,5-6,8-9,11-13,16H,2,4,7,10H2,1H3,(H,22,24). The number of hydrogen-bond acceptors (Lipinski definition) is 3. The topological polar surface area (TPSA) is 63.5 Å². The van der Waals surface area contributed by atoms with Gasteiger partial charge in [-0.1, -0.05) is 31.9 Å². The Balaban J connectivity index is 1.79. The molecule has 0 saturated heterocycles. The zero-order valence-electron chi connectivity index (χ0n) is 14.2. The predicted molar refractivity (Wildman–Crippen MR) is 97.9 cm³/mol. The van der Waals surface area contributed by atoms with Crippen LogP contribution in [0.1, 0.15) is 43.0 Å². The molecule has 1 amide bonds. The minimum Gasteiger partial charge on any atom is -0.349 e. The first-order chi connectivity index (χ1) is 12.1. The maximum atomic E-state index is 12.9. The van der Waals surface area contributed by atoms with Crippen molar-refractivity contribution in [3.05, 3.63) is 58.5 Å². The lowest BCUT2D eigenvalue weighted by Gasteiger charge is -2.29. The molecule has 2 unspecified atom stereocenters. The van der Waals surface area contributed by atoms with Gasteiger partial charge in [0, 0.05) is 12.2 Å². The third kappa shape index (κ3) is 2.80. The van der Waals surface area contributed by atoms with Crippen molar-refractivity contribution in [1.82, 2.24) is 14.7 Å². The van der Waals surface area contributed by atoms with Crippen LogP contribution in [0, 0.1) is 5.92 Å². The number of fused-ring (bicyclic) bond motifs is 2. The van der Waals surface area contributed by atoms with E-state index in [-0.39, 0.29) is 17.5 Å². The number of benzene rings is 1. The van der Waals surface area contributed by atoms with E-state index in [1.807, 2.05) is 12.1 Å². The van der Waals surface area contributed by atoms with E-state index in [1.165, 1.54) is 10.8 Å². The number of carbonyl (C=O) groups excluding carboxylic acids is 1. The lowest BCUT2D eigenvalue weighted by molar-refractivity contribution is 0.0911. The van der Waals surface area contributed by atoms with E-state index in [0.29, 0.717) is 28.0 Å². The number of para-hydroxylation sites is 1. The fourth-order valence-corrected chi connectivity index (χ4v) is 3.73. The van der Waals surface area contributed by atoms with Crippen LogP contribution in [0.15, 0.2) is 47.4 Å². The first-order valence-electron chi connectivity index (χ1n) is 8.86. The Morgan fingerprint density at radius 2 is 1.96 bits per heavy atom. The van der Waals surface area contributed by atoms with Crippen molar-refractivity contribution in [3.8, 4) is 0 Å². The summed E-state index contributed by atoms with van der Waals surface area (Å²) >= 11 is 0. The van der Waals surface area contributed by atoms with Crippen molar-refractivity contribution in [2.45, 2.75) is 38.6 Å². The molecule has 4 rings (SSSR count). The zero-order chi connectivity index (χ0) is 17.4. The fraction of sp³-hybridized carbons (Fsp3) is 0.350. The van der Waals surface area contributed by atoms with Crippen molar-refractivity contribution >= 4 is 22.5 Å². The third-order valence-electron chi connectivity index (χ3n) is 5.22. The Bertz CT molecular complexity index is 1010. The second-order valence-corrected chi connectivity index (χ2v) is 6.89. The summed E-state index contributed by atoms with van der Waals surface area (Å²) < 4.78 is 1.46. The average Bonchev–Trinajstić information content (AvgIpc) is 2.63. The monoisotopic (exact) mass is 335 g/mol. The van der Waals surface area contributed by atoms with Crippen LogP contribution in [0.4, 0.5) is 0 Å². The van der Waals surface area contributed by atoms with Crippen molar-refractivity contribution in [2.24, 2.45) is 5.92 Å². The molecule has 25 heavy (non-hydrogen) atoms. The summed E-state index contributed by atoms with van der Waals surface area (Å²) in [6, 6.07) is 10.9. The van der Waals surface area contributed by atoms with Gasteiger partial charge in [-0.05, 0) is 43.0 Å². The SMILES string of the molecule is CC1CCCCC1NC(=O)c1cccn2c(=O)c3ccccc3nc12. The summed E-state index contributed by atoms with van der Waals surface area (Å²) in [6.07, 6.45) is 6.19. The number of amides is 1. The van der Waals surface area contributed by atoms with E-state index in [4.69, 9.17) is 0 Å². The maximum Gasteiger partial charge on any atom is 0.265 e. The molecule has 3 aromatic rings. The highest BCUT2D eigenvalue weighted by molar-refractivity contribution is 6.00. The van der Waals surface area contributed by atoms with Gasteiger partial charge in [0.15, 0.2) is 5.65 Å². The van der Waals surface area contributed by atoms with E-state index >= 15 is 0 Å². The lowest BCUT2D eigenvalue weighted by Crippen LogP contribution is -2.41. The van der Waals surface area contributed by atoms with E-state index in [1.54, 1.807) is 30.5 Å². The third-order valence-corrected chi connectivity index (χ3v) is 5.22. The van der Waals surface area contributed by atoms with Gasteiger partial charge in [0.2, 0.25) is 0 Å². The number of nitrogens with zero attached hydrogens (tertiary/aromatic N) is 2. The van der Waals surface area contributed by atoms with Crippen LogP contribution in [0.25, 0.3) is 16.6 Å². The zero-order valence-corrected chi connectivity index (χ0v) is 14.2. The van der Waals surface area contributed by atoms with E-state index in [2.05, 4.69) is 17.2 Å². The average molecular weight is 335 g/mol. The summed E-state index contributed by atoms with van der Waals surface area (Å²) in [5, 5.41) is 3.70. The minimum atomic E-state index is -0.154. The number of nitrogens with one attached hydrogen (secondary N) is 1. The molecular formula is C20H21N3O2. The molecule has 1 N–H and O–H groups in total. The molecule has 5 nitrogen and oxygen atoms in total. The second-order valence-electron chi connectivity index (χ2n) is 6.89. The highest BCUT2D eigenvalue weighted by Gasteiger charge is 2.24. The highest BCUT2D eigenvalue weighted by Crippen LogP contribution is 2.24. The highest BCUT2D eigenvalue weighted by atomic mass is 16.2. The largest absolute Gasteiger partial charge is 0.349 e. The summed E-state index contributed by atoms with van der Waals surface area (Å²) in [7, 11) is 0. The van der Waals surface area contributed by atoms with Gasteiger partial charge >= 0.3 is 0 Å². The van der Waals surface area contributed by atoms with Gasteiger partial charge in [-0.15, -0.1) is 0 Å². The van der Waals surface area contributed by atoms with E-state index in [0.717, 1.165) is 19.3 Å². The summed E-state index contributed by atoms with van der Waals surface area (Å²) in [5.41, 5.74) is 1.32. The number of carbonyl (C=O) groups is 1. The van der Waals surface area contributed by atoms with Gasteiger partial charge in [0.25, 0.3) is 11.5 Å². The Labute approximate surface area is 145 Å². The van der Waals surface area contributed by atoms with Gasteiger partial charge in [-0.25, -0.2) is 4.98 Å². The molecular weight excluding hydrogens is 314 g/mol. The molecule has 2 heterocycles. The van der Waals surface area contributed by atoms with Gasteiger partial charge in [-0.3, -0.25) is 14.0 Å². The fourth-order valence-electron chi connectivity index (χ4n) is 3.73. The Kier molecular flexibility index (Phi) is 3.99. The molecule has 2 atom stereocenters. The summed E-state index contributed by atoms with van der Waals surface area (Å²) in [4.78, 5) is 30.1. The van der Waals surface area contributed by atoms with Crippen molar-refractivity contribution < 1.29 is 4.79 Å². The summed E-state index contributed by atoms with van der Waals surface area (Å²) in [5.74, 6) is 0.322. The quantitative estimate of drug-likeness (QED) is 0.732. The molecule has 2 aromatic heterocycles. The van der Waals surface area contributed by atoms with Gasteiger partial charge < -0.3 is 5.32 Å². The van der Waals surface area contributed by atoms with E-state index < -0.39 is 0 Å². The molecule has 1 fully saturated rings. The van der Waals surface area contributed by atoms with Crippen molar-refractivity contribution in [3.63, 3.8) is 0 Å². The Morgan fingerprint density at radius 3 is 2.80 bits per heavy atom. The molecule has 0 spiro atoms. The van der Waals surface area contributed by atoms with Crippen molar-refractivity contribution in [2.75, 3.05) is 0 Å². The van der Waals surface area contributed by atoms with E-state index in [9.17, 15) is 9.59 Å². The Hall–Kier alpha value is -2.69. The van der Waals surface area contributed by atoms with Gasteiger partial charge in [-0.2, -0.15) is 0 Å². The van der Waals surface area contributed by atoms with Gasteiger partial charge in [0.05, 0.1) is 16.5 Å². The maximum absolute atomic E-state index is 12.9. The molecule has 0 bridgehead atoms. The van der Waals surface area contributed by atoms with Crippen LogP contribution in [0.5, 0.6) is 0 Å². The molecule has 0 radical (unpaired) electrons. The smallest absolute Gasteiger partial charge is 0.265 e. The van der Waals surface area contributed by atoms with Crippen molar-refractivity contribution in [1.29, 1.82) is 0 Å².